The van der Waals surface area contributed by atoms with Gasteiger partial charge in [-0.05, 0) is 24.3 Å². The van der Waals surface area contributed by atoms with Gasteiger partial charge in [0.2, 0.25) is 0 Å². The molecular weight excluding hydrogens is 218 g/mol. The Morgan fingerprint density at radius 3 is 2.62 bits per heavy atom. The maximum Gasteiger partial charge on any atom is 0.160 e. The van der Waals surface area contributed by atoms with Gasteiger partial charge in [-0.25, -0.2) is 0 Å². The molecule has 1 aromatic carbocycles. The molecule has 2 rings (SSSR count). The molecule has 0 bridgehead atoms. The van der Waals surface area contributed by atoms with Crippen molar-refractivity contribution in [2.45, 2.75) is 6.42 Å². The first-order valence-electron chi connectivity index (χ1n) is 5.00. The van der Waals surface area contributed by atoms with Crippen LogP contribution in [0.4, 0.5) is 5.69 Å². The number of para-hydroxylation sites is 1. The second-order valence-electron chi connectivity index (χ2n) is 3.27. The lowest BCUT2D eigenvalue weighted by Gasteiger charge is -1.91. The third-order valence-corrected chi connectivity index (χ3v) is 3.12. The van der Waals surface area contributed by atoms with Crippen LogP contribution in [0.3, 0.4) is 0 Å². The van der Waals surface area contributed by atoms with Gasteiger partial charge in [0.05, 0.1) is 10.6 Å². The van der Waals surface area contributed by atoms with Crippen molar-refractivity contribution in [3.05, 3.63) is 52.2 Å². The van der Waals surface area contributed by atoms with Crippen molar-refractivity contribution in [1.29, 1.82) is 0 Å². The molecule has 0 saturated heterocycles. The normalized spacial score (nSPS) is 10.8. The van der Waals surface area contributed by atoms with Crippen LogP contribution in [0.25, 0.3) is 0 Å². The Labute approximate surface area is 98.3 Å². The van der Waals surface area contributed by atoms with Crippen molar-refractivity contribution in [2.24, 2.45) is 4.99 Å². The summed E-state index contributed by atoms with van der Waals surface area (Å²) >= 11 is 1.51. The number of carbonyl (C=O) groups is 1. The highest BCUT2D eigenvalue weighted by Crippen LogP contribution is 2.15. The third kappa shape index (κ3) is 2.87. The number of hydrogen-bond donors (Lipinski definition) is 0. The van der Waals surface area contributed by atoms with E-state index in [1.54, 1.807) is 0 Å². The summed E-state index contributed by atoms with van der Waals surface area (Å²) in [5.74, 6) is 0. The standard InChI is InChI=1S/C13H11NOS/c15-10-13-7-6-12(16-13)8-9-14-11-4-2-1-3-5-11/h1-7,9-10H,8H2. The minimum atomic E-state index is 0.767. The number of thiophene rings is 1. The predicted octanol–water partition coefficient (Wildman–Crippen LogP) is 3.51. The van der Waals surface area contributed by atoms with E-state index in [2.05, 4.69) is 4.99 Å². The number of nitrogens with zero attached hydrogens (tertiary/aromatic N) is 1. The molecule has 2 aromatic rings. The van der Waals surface area contributed by atoms with E-state index in [1.165, 1.54) is 11.3 Å². The maximum absolute atomic E-state index is 10.5. The van der Waals surface area contributed by atoms with Gasteiger partial charge in [0.1, 0.15) is 0 Å². The molecule has 1 heterocycles. The topological polar surface area (TPSA) is 29.4 Å². The van der Waals surface area contributed by atoms with Crippen molar-refractivity contribution in [3.8, 4) is 0 Å². The van der Waals surface area contributed by atoms with Crippen LogP contribution < -0.4 is 0 Å². The first-order valence-corrected chi connectivity index (χ1v) is 5.81. The fraction of sp³-hybridized carbons (Fsp3) is 0.0769. The van der Waals surface area contributed by atoms with Crippen LogP contribution in [-0.2, 0) is 6.42 Å². The molecule has 0 saturated carbocycles. The molecule has 0 N–H and O–H groups in total. The van der Waals surface area contributed by atoms with Gasteiger partial charge >= 0.3 is 0 Å². The molecule has 16 heavy (non-hydrogen) atoms. The van der Waals surface area contributed by atoms with Gasteiger partial charge in [-0.3, -0.25) is 9.79 Å². The number of rotatable bonds is 4. The second-order valence-corrected chi connectivity index (χ2v) is 4.47. The second kappa shape index (κ2) is 5.37. The summed E-state index contributed by atoms with van der Waals surface area (Å²) in [5, 5.41) is 0. The Bertz CT molecular complexity index is 488. The Hall–Kier alpha value is -1.74. The van der Waals surface area contributed by atoms with Crippen molar-refractivity contribution in [1.82, 2.24) is 0 Å². The van der Waals surface area contributed by atoms with E-state index in [4.69, 9.17) is 0 Å². The van der Waals surface area contributed by atoms with Crippen LogP contribution in [0.5, 0.6) is 0 Å². The largest absolute Gasteiger partial charge is 0.297 e. The van der Waals surface area contributed by atoms with Gasteiger partial charge in [-0.2, -0.15) is 0 Å². The molecule has 0 aliphatic heterocycles. The molecule has 0 aliphatic carbocycles. The van der Waals surface area contributed by atoms with E-state index in [-0.39, 0.29) is 0 Å². The maximum atomic E-state index is 10.5. The van der Waals surface area contributed by atoms with Crippen molar-refractivity contribution < 1.29 is 4.79 Å². The summed E-state index contributed by atoms with van der Waals surface area (Å²) in [5.41, 5.74) is 0.953. The van der Waals surface area contributed by atoms with Crippen LogP contribution in [0, 0.1) is 0 Å². The van der Waals surface area contributed by atoms with Crippen molar-refractivity contribution in [3.63, 3.8) is 0 Å². The average Bonchev–Trinajstić information content (AvgIpc) is 2.78. The van der Waals surface area contributed by atoms with Gasteiger partial charge in [0, 0.05) is 17.5 Å². The van der Waals surface area contributed by atoms with Crippen LogP contribution >= 0.6 is 11.3 Å². The Morgan fingerprint density at radius 2 is 1.94 bits per heavy atom. The minimum absolute atomic E-state index is 0.767. The highest BCUT2D eigenvalue weighted by Gasteiger charge is 1.96. The zero-order valence-electron chi connectivity index (χ0n) is 8.67. The molecule has 0 radical (unpaired) electrons. The average molecular weight is 229 g/mol. The van der Waals surface area contributed by atoms with Gasteiger partial charge < -0.3 is 0 Å². The zero-order valence-corrected chi connectivity index (χ0v) is 9.48. The molecule has 0 fully saturated rings. The summed E-state index contributed by atoms with van der Waals surface area (Å²) in [4.78, 5) is 16.7. The van der Waals surface area contributed by atoms with Crippen molar-refractivity contribution >= 4 is 29.5 Å². The van der Waals surface area contributed by atoms with E-state index in [0.717, 1.165) is 28.1 Å². The van der Waals surface area contributed by atoms with Gasteiger partial charge in [-0.15, -0.1) is 11.3 Å². The number of aldehydes is 1. The van der Waals surface area contributed by atoms with Crippen LogP contribution in [0.15, 0.2) is 47.5 Å². The molecule has 1 aromatic heterocycles. The number of hydrogen-bond acceptors (Lipinski definition) is 3. The van der Waals surface area contributed by atoms with Gasteiger partial charge in [-0.1, -0.05) is 18.2 Å². The summed E-state index contributed by atoms with van der Waals surface area (Å²) in [6, 6.07) is 13.6. The number of benzene rings is 1. The zero-order chi connectivity index (χ0) is 11.2. The lowest BCUT2D eigenvalue weighted by atomic mass is 10.3. The summed E-state index contributed by atoms with van der Waals surface area (Å²) in [6.45, 7) is 0. The molecule has 80 valence electrons. The lowest BCUT2D eigenvalue weighted by molar-refractivity contribution is 0.112. The molecule has 0 unspecified atom stereocenters. The molecule has 2 nitrogen and oxygen atoms in total. The summed E-state index contributed by atoms with van der Waals surface area (Å²) in [7, 11) is 0. The smallest absolute Gasteiger partial charge is 0.160 e. The van der Waals surface area contributed by atoms with Crippen LogP contribution in [0.2, 0.25) is 0 Å². The highest BCUT2D eigenvalue weighted by molar-refractivity contribution is 7.13. The number of aliphatic imine (C=N–C) groups is 1. The van der Waals surface area contributed by atoms with E-state index in [1.807, 2.05) is 48.7 Å². The summed E-state index contributed by atoms with van der Waals surface area (Å²) < 4.78 is 0. The Kier molecular flexibility index (Phi) is 3.62. The predicted molar refractivity (Wildman–Crippen MR) is 68.0 cm³/mol. The molecular formula is C13H11NOS. The molecule has 0 amide bonds. The summed E-state index contributed by atoms with van der Waals surface area (Å²) in [6.07, 6.45) is 3.52. The fourth-order valence-electron chi connectivity index (χ4n) is 1.32. The Balaban J connectivity index is 1.97. The molecule has 0 atom stereocenters. The van der Waals surface area contributed by atoms with Gasteiger partial charge in [0.15, 0.2) is 6.29 Å². The minimum Gasteiger partial charge on any atom is -0.297 e. The Morgan fingerprint density at radius 1 is 1.12 bits per heavy atom. The van der Waals surface area contributed by atoms with E-state index >= 15 is 0 Å². The van der Waals surface area contributed by atoms with E-state index in [9.17, 15) is 4.79 Å². The quantitative estimate of drug-likeness (QED) is 0.582. The lowest BCUT2D eigenvalue weighted by Crippen LogP contribution is -1.79. The van der Waals surface area contributed by atoms with Crippen LogP contribution in [0.1, 0.15) is 14.5 Å². The monoisotopic (exact) mass is 229 g/mol. The fourth-order valence-corrected chi connectivity index (χ4v) is 2.10. The molecule has 0 aliphatic rings. The molecule has 0 spiro atoms. The highest BCUT2D eigenvalue weighted by atomic mass is 32.1. The van der Waals surface area contributed by atoms with Crippen LogP contribution in [-0.4, -0.2) is 12.5 Å². The van der Waals surface area contributed by atoms with E-state index in [0.29, 0.717) is 0 Å². The van der Waals surface area contributed by atoms with Gasteiger partial charge in [0.25, 0.3) is 0 Å². The molecule has 3 heteroatoms. The first kappa shape index (κ1) is 10.8. The SMILES string of the molecule is O=Cc1ccc(CC=Nc2ccccc2)s1. The van der Waals surface area contributed by atoms with E-state index < -0.39 is 0 Å². The number of carbonyl (C=O) groups excluding carboxylic acids is 1. The van der Waals surface area contributed by atoms with Crippen molar-refractivity contribution in [2.75, 3.05) is 0 Å². The third-order valence-electron chi connectivity index (χ3n) is 2.09. The first-order chi connectivity index (χ1) is 7.88.